The summed E-state index contributed by atoms with van der Waals surface area (Å²) in [7, 11) is 1.80. The van der Waals surface area contributed by atoms with E-state index in [0.29, 0.717) is 12.2 Å². The van der Waals surface area contributed by atoms with E-state index in [1.54, 1.807) is 13.2 Å². The summed E-state index contributed by atoms with van der Waals surface area (Å²) in [5.41, 5.74) is 1.17. The van der Waals surface area contributed by atoms with Gasteiger partial charge in [0.15, 0.2) is 0 Å². The summed E-state index contributed by atoms with van der Waals surface area (Å²) >= 11 is 5.63. The van der Waals surface area contributed by atoms with Crippen molar-refractivity contribution in [1.29, 1.82) is 0 Å². The Labute approximate surface area is 119 Å². The molecular formula is C12H13ClFN5O. The highest BCUT2D eigenvalue weighted by atomic mass is 35.5. The van der Waals surface area contributed by atoms with Gasteiger partial charge in [0.2, 0.25) is 5.91 Å². The van der Waals surface area contributed by atoms with Crippen LogP contribution in [0.5, 0.6) is 0 Å². The topological polar surface area (TPSA) is 71.8 Å². The van der Waals surface area contributed by atoms with Crippen LogP contribution in [0.2, 0.25) is 5.02 Å². The molecule has 6 nitrogen and oxygen atoms in total. The number of benzene rings is 1. The highest BCUT2D eigenvalue weighted by molar-refractivity contribution is 6.31. The first-order valence-corrected chi connectivity index (χ1v) is 6.25. The third-order valence-electron chi connectivity index (χ3n) is 2.45. The summed E-state index contributed by atoms with van der Waals surface area (Å²) in [6, 6.07) is 3.98. The van der Waals surface area contributed by atoms with Crippen LogP contribution in [-0.2, 0) is 17.9 Å². The van der Waals surface area contributed by atoms with Crippen molar-refractivity contribution in [3.63, 3.8) is 0 Å². The van der Waals surface area contributed by atoms with E-state index < -0.39 is 5.82 Å². The number of anilines is 1. The van der Waals surface area contributed by atoms with Crippen LogP contribution < -0.4 is 10.6 Å². The molecular weight excluding hydrogens is 285 g/mol. The molecule has 0 aliphatic heterocycles. The molecule has 0 aliphatic rings. The van der Waals surface area contributed by atoms with Gasteiger partial charge in [-0.05, 0) is 25.2 Å². The lowest BCUT2D eigenvalue weighted by Gasteiger charge is -2.05. The maximum absolute atomic E-state index is 13.0. The highest BCUT2D eigenvalue weighted by Crippen LogP contribution is 2.19. The Morgan fingerprint density at radius 1 is 1.50 bits per heavy atom. The Balaban J connectivity index is 1.95. The van der Waals surface area contributed by atoms with Crippen LogP contribution in [0.15, 0.2) is 24.4 Å². The largest absolute Gasteiger partial charge is 0.324 e. The predicted octanol–water partition coefficient (Wildman–Crippen LogP) is 1.43. The van der Waals surface area contributed by atoms with Crippen molar-refractivity contribution in [3.8, 4) is 0 Å². The molecule has 0 saturated heterocycles. The van der Waals surface area contributed by atoms with Gasteiger partial charge in [-0.1, -0.05) is 16.8 Å². The molecule has 0 aliphatic carbocycles. The molecule has 0 atom stereocenters. The van der Waals surface area contributed by atoms with Crippen molar-refractivity contribution in [1.82, 2.24) is 20.3 Å². The molecule has 0 bridgehead atoms. The molecule has 1 amide bonds. The first-order chi connectivity index (χ1) is 9.58. The number of hydrogen-bond donors (Lipinski definition) is 2. The van der Waals surface area contributed by atoms with Crippen LogP contribution in [0.25, 0.3) is 0 Å². The van der Waals surface area contributed by atoms with E-state index in [2.05, 4.69) is 20.9 Å². The summed E-state index contributed by atoms with van der Waals surface area (Å²) in [5.74, 6) is -0.828. The summed E-state index contributed by atoms with van der Waals surface area (Å²) in [5, 5.41) is 13.2. The highest BCUT2D eigenvalue weighted by Gasteiger charge is 2.08. The average Bonchev–Trinajstić information content (AvgIpc) is 2.81. The summed E-state index contributed by atoms with van der Waals surface area (Å²) in [6.07, 6.45) is 1.67. The minimum absolute atomic E-state index is 0.0196. The Hall–Kier alpha value is -1.99. The first kappa shape index (κ1) is 14.4. The normalized spacial score (nSPS) is 10.6. The van der Waals surface area contributed by atoms with Crippen LogP contribution in [0.4, 0.5) is 10.1 Å². The molecule has 0 spiro atoms. The van der Waals surface area contributed by atoms with Crippen LogP contribution in [0, 0.1) is 5.82 Å². The smallest absolute Gasteiger partial charge is 0.246 e. The second-order valence-electron chi connectivity index (χ2n) is 4.11. The summed E-state index contributed by atoms with van der Waals surface area (Å²) < 4.78 is 14.4. The van der Waals surface area contributed by atoms with E-state index in [9.17, 15) is 9.18 Å². The monoisotopic (exact) mass is 297 g/mol. The fraction of sp³-hybridized carbons (Fsp3) is 0.250. The number of carbonyl (C=O) groups excluding carboxylic acids is 1. The zero-order valence-corrected chi connectivity index (χ0v) is 11.5. The van der Waals surface area contributed by atoms with Gasteiger partial charge in [0.05, 0.1) is 16.9 Å². The molecule has 1 aromatic carbocycles. The number of hydrogen-bond acceptors (Lipinski definition) is 4. The number of amides is 1. The van der Waals surface area contributed by atoms with Crippen LogP contribution in [0.3, 0.4) is 0 Å². The molecule has 0 radical (unpaired) electrons. The molecule has 2 rings (SSSR count). The lowest BCUT2D eigenvalue weighted by molar-refractivity contribution is -0.116. The van der Waals surface area contributed by atoms with Crippen molar-refractivity contribution in [2.75, 3.05) is 12.4 Å². The molecule has 2 N–H and O–H groups in total. The van der Waals surface area contributed by atoms with Crippen molar-refractivity contribution in [2.45, 2.75) is 13.1 Å². The van der Waals surface area contributed by atoms with Gasteiger partial charge in [-0.2, -0.15) is 0 Å². The van der Waals surface area contributed by atoms with Crippen molar-refractivity contribution < 1.29 is 9.18 Å². The zero-order chi connectivity index (χ0) is 14.5. The molecule has 1 heterocycles. The molecule has 1 aromatic heterocycles. The standard InChI is InChI=1S/C12H13ClFN5O/c1-15-5-9-6-19(18-17-9)7-12(20)16-8-2-3-11(14)10(13)4-8/h2-4,6,15H,5,7H2,1H3,(H,16,20). The van der Waals surface area contributed by atoms with Crippen LogP contribution in [0.1, 0.15) is 5.69 Å². The van der Waals surface area contributed by atoms with Crippen LogP contribution in [-0.4, -0.2) is 27.9 Å². The van der Waals surface area contributed by atoms with E-state index in [1.807, 2.05) is 0 Å². The molecule has 20 heavy (non-hydrogen) atoms. The Morgan fingerprint density at radius 3 is 3.00 bits per heavy atom. The van der Waals surface area contributed by atoms with Gasteiger partial charge >= 0.3 is 0 Å². The lowest BCUT2D eigenvalue weighted by atomic mass is 10.3. The minimum atomic E-state index is -0.530. The van der Waals surface area contributed by atoms with Gasteiger partial charge in [0.1, 0.15) is 12.4 Å². The summed E-state index contributed by atoms with van der Waals surface area (Å²) in [4.78, 5) is 11.8. The van der Waals surface area contributed by atoms with Gasteiger partial charge < -0.3 is 10.6 Å². The number of carbonyl (C=O) groups is 1. The van der Waals surface area contributed by atoms with Gasteiger partial charge in [-0.3, -0.25) is 4.79 Å². The van der Waals surface area contributed by atoms with E-state index in [1.165, 1.54) is 22.9 Å². The molecule has 0 fully saturated rings. The summed E-state index contributed by atoms with van der Waals surface area (Å²) in [6.45, 7) is 0.598. The number of rotatable bonds is 5. The second kappa shape index (κ2) is 6.44. The van der Waals surface area contributed by atoms with Gasteiger partial charge in [-0.15, -0.1) is 5.10 Å². The maximum atomic E-state index is 13.0. The van der Waals surface area contributed by atoms with Crippen molar-refractivity contribution in [2.24, 2.45) is 0 Å². The van der Waals surface area contributed by atoms with E-state index in [4.69, 9.17) is 11.6 Å². The molecule has 0 unspecified atom stereocenters. The fourth-order valence-electron chi connectivity index (χ4n) is 1.60. The number of nitrogens with one attached hydrogen (secondary N) is 2. The zero-order valence-electron chi connectivity index (χ0n) is 10.7. The average molecular weight is 298 g/mol. The third-order valence-corrected chi connectivity index (χ3v) is 2.74. The Bertz CT molecular complexity index is 616. The first-order valence-electron chi connectivity index (χ1n) is 5.87. The number of aromatic nitrogens is 3. The minimum Gasteiger partial charge on any atom is -0.324 e. The van der Waals surface area contributed by atoms with Crippen molar-refractivity contribution >= 4 is 23.2 Å². The Morgan fingerprint density at radius 2 is 2.30 bits per heavy atom. The van der Waals surface area contributed by atoms with Crippen LogP contribution >= 0.6 is 11.6 Å². The quantitative estimate of drug-likeness (QED) is 0.876. The maximum Gasteiger partial charge on any atom is 0.246 e. The number of halogens is 2. The van der Waals surface area contributed by atoms with E-state index >= 15 is 0 Å². The molecule has 2 aromatic rings. The third kappa shape index (κ3) is 3.75. The molecule has 0 saturated carbocycles. The SMILES string of the molecule is CNCc1cn(CC(=O)Nc2ccc(F)c(Cl)c2)nn1. The fourth-order valence-corrected chi connectivity index (χ4v) is 1.78. The Kier molecular flexibility index (Phi) is 4.65. The lowest BCUT2D eigenvalue weighted by Crippen LogP contribution is -2.19. The number of nitrogens with zero attached hydrogens (tertiary/aromatic N) is 3. The predicted molar refractivity (Wildman–Crippen MR) is 72.8 cm³/mol. The molecule has 106 valence electrons. The van der Waals surface area contributed by atoms with E-state index in [0.717, 1.165) is 5.69 Å². The van der Waals surface area contributed by atoms with Gasteiger partial charge in [0.25, 0.3) is 0 Å². The van der Waals surface area contributed by atoms with Gasteiger partial charge in [0, 0.05) is 12.2 Å². The van der Waals surface area contributed by atoms with Crippen molar-refractivity contribution in [3.05, 3.63) is 40.9 Å². The van der Waals surface area contributed by atoms with Gasteiger partial charge in [-0.25, -0.2) is 9.07 Å². The van der Waals surface area contributed by atoms with E-state index in [-0.39, 0.29) is 17.5 Å². The molecule has 8 heteroatoms. The second-order valence-corrected chi connectivity index (χ2v) is 4.52.